The summed E-state index contributed by atoms with van der Waals surface area (Å²) in [5, 5.41) is 5.50. The minimum absolute atomic E-state index is 0.147. The number of fused-ring (bicyclic) bond motifs is 1. The number of rotatable bonds is 8. The Morgan fingerprint density at radius 3 is 2.70 bits per heavy atom. The van der Waals surface area contributed by atoms with Crippen LogP contribution < -0.4 is 20.1 Å². The second-order valence-corrected chi connectivity index (χ2v) is 7.23. The molecule has 30 heavy (non-hydrogen) atoms. The summed E-state index contributed by atoms with van der Waals surface area (Å²) in [6.45, 7) is 0.875. The Kier molecular flexibility index (Phi) is 5.83. The predicted molar refractivity (Wildman–Crippen MR) is 108 cm³/mol. The van der Waals surface area contributed by atoms with Crippen molar-refractivity contribution in [1.29, 1.82) is 0 Å². The average Bonchev–Trinajstić information content (AvgIpc) is 3.33. The molecule has 156 valence electrons. The highest BCUT2D eigenvalue weighted by molar-refractivity contribution is 6.04. The Bertz CT molecular complexity index is 947. The van der Waals surface area contributed by atoms with Gasteiger partial charge in [0.05, 0.1) is 0 Å². The van der Waals surface area contributed by atoms with Crippen LogP contribution in [0.15, 0.2) is 48.5 Å². The largest absolute Gasteiger partial charge is 0.454 e. The van der Waals surface area contributed by atoms with E-state index in [1.165, 1.54) is 4.90 Å². The number of urea groups is 1. The normalized spacial score (nSPS) is 17.2. The van der Waals surface area contributed by atoms with Crippen molar-refractivity contribution in [3.63, 3.8) is 0 Å². The lowest BCUT2D eigenvalue weighted by Gasteiger charge is -2.13. The fourth-order valence-corrected chi connectivity index (χ4v) is 3.49. The van der Waals surface area contributed by atoms with E-state index in [9.17, 15) is 14.4 Å². The van der Waals surface area contributed by atoms with Gasteiger partial charge in [-0.05, 0) is 36.1 Å². The summed E-state index contributed by atoms with van der Waals surface area (Å²) in [5.74, 6) is 0.894. The smallest absolute Gasteiger partial charge is 0.324 e. The molecule has 0 saturated carbocycles. The molecular formula is C22H23N3O5. The Balaban J connectivity index is 1.22. The van der Waals surface area contributed by atoms with Crippen molar-refractivity contribution in [2.24, 2.45) is 0 Å². The van der Waals surface area contributed by atoms with Gasteiger partial charge in [0.15, 0.2) is 11.5 Å². The van der Waals surface area contributed by atoms with Crippen LogP contribution in [0.1, 0.15) is 24.0 Å². The summed E-state index contributed by atoms with van der Waals surface area (Å²) in [6.07, 6.45) is 1.01. The number of carbonyl (C=O) groups is 3. The number of benzene rings is 2. The Labute approximate surface area is 174 Å². The van der Waals surface area contributed by atoms with E-state index in [0.29, 0.717) is 31.0 Å². The molecule has 8 nitrogen and oxygen atoms in total. The van der Waals surface area contributed by atoms with Gasteiger partial charge < -0.3 is 20.1 Å². The van der Waals surface area contributed by atoms with E-state index in [2.05, 4.69) is 10.6 Å². The van der Waals surface area contributed by atoms with Crippen molar-refractivity contribution in [2.75, 3.05) is 13.3 Å². The van der Waals surface area contributed by atoms with E-state index >= 15 is 0 Å². The van der Waals surface area contributed by atoms with Gasteiger partial charge in [0.2, 0.25) is 12.7 Å². The quantitative estimate of drug-likeness (QED) is 0.650. The van der Waals surface area contributed by atoms with Crippen molar-refractivity contribution < 1.29 is 23.9 Å². The third-order valence-corrected chi connectivity index (χ3v) is 5.16. The van der Waals surface area contributed by atoms with E-state index in [0.717, 1.165) is 11.1 Å². The molecule has 2 N–H and O–H groups in total. The van der Waals surface area contributed by atoms with Gasteiger partial charge in [-0.25, -0.2) is 4.79 Å². The van der Waals surface area contributed by atoms with Gasteiger partial charge in [0.1, 0.15) is 6.04 Å². The molecule has 0 bridgehead atoms. The van der Waals surface area contributed by atoms with Gasteiger partial charge in [-0.2, -0.15) is 0 Å². The van der Waals surface area contributed by atoms with Crippen molar-refractivity contribution in [1.82, 2.24) is 15.5 Å². The highest BCUT2D eigenvalue weighted by atomic mass is 16.7. The molecule has 2 heterocycles. The number of hydrogen-bond acceptors (Lipinski definition) is 5. The molecule has 1 saturated heterocycles. The molecule has 4 amide bonds. The monoisotopic (exact) mass is 409 g/mol. The Morgan fingerprint density at radius 2 is 1.87 bits per heavy atom. The summed E-state index contributed by atoms with van der Waals surface area (Å²) in [6, 6.07) is 14.1. The van der Waals surface area contributed by atoms with Gasteiger partial charge in [-0.1, -0.05) is 36.4 Å². The summed E-state index contributed by atoms with van der Waals surface area (Å²) in [7, 11) is 0. The first-order valence-corrected chi connectivity index (χ1v) is 9.91. The number of ether oxygens (including phenoxy) is 2. The predicted octanol–water partition coefficient (Wildman–Crippen LogP) is 1.97. The molecule has 0 unspecified atom stereocenters. The van der Waals surface area contributed by atoms with E-state index in [1.807, 2.05) is 42.5 Å². The molecule has 2 aromatic rings. The number of carbonyl (C=O) groups excluding carboxylic acids is 3. The van der Waals surface area contributed by atoms with Crippen molar-refractivity contribution in [2.45, 2.75) is 31.8 Å². The third kappa shape index (κ3) is 4.53. The van der Waals surface area contributed by atoms with Gasteiger partial charge in [0.25, 0.3) is 5.91 Å². The minimum atomic E-state index is -0.662. The lowest BCUT2D eigenvalue weighted by atomic mass is 10.1. The number of nitrogens with zero attached hydrogens (tertiary/aromatic N) is 1. The first-order valence-electron chi connectivity index (χ1n) is 9.91. The summed E-state index contributed by atoms with van der Waals surface area (Å²) in [4.78, 5) is 38.1. The second kappa shape index (κ2) is 8.86. The standard InChI is InChI=1S/C22H23N3O5/c26-20(23-13-16-6-8-18-19(12-16)30-14-29-18)9-7-17-21(27)25(22(28)24-17)11-10-15-4-2-1-3-5-15/h1-6,8,12,17H,7,9-11,13-14H2,(H,23,26)(H,24,28)/t17-/m0/s1. The van der Waals surface area contributed by atoms with Crippen LogP contribution in [0.5, 0.6) is 11.5 Å². The maximum atomic E-state index is 12.5. The lowest BCUT2D eigenvalue weighted by Crippen LogP contribution is -2.33. The molecule has 2 aliphatic heterocycles. The molecular weight excluding hydrogens is 386 g/mol. The zero-order chi connectivity index (χ0) is 20.9. The molecule has 0 spiro atoms. The van der Waals surface area contributed by atoms with Crippen LogP contribution in [-0.4, -0.2) is 42.1 Å². The average molecular weight is 409 g/mol. The molecule has 2 aromatic carbocycles. The molecule has 1 atom stereocenters. The molecule has 2 aliphatic rings. The fraction of sp³-hybridized carbons (Fsp3) is 0.318. The number of hydrogen-bond donors (Lipinski definition) is 2. The third-order valence-electron chi connectivity index (χ3n) is 5.16. The Hall–Kier alpha value is -3.55. The topological polar surface area (TPSA) is 97.0 Å². The highest BCUT2D eigenvalue weighted by Crippen LogP contribution is 2.32. The zero-order valence-corrected chi connectivity index (χ0v) is 16.4. The highest BCUT2D eigenvalue weighted by Gasteiger charge is 2.37. The minimum Gasteiger partial charge on any atom is -0.454 e. The zero-order valence-electron chi connectivity index (χ0n) is 16.4. The van der Waals surface area contributed by atoms with Crippen molar-refractivity contribution in [3.8, 4) is 11.5 Å². The summed E-state index contributed by atoms with van der Waals surface area (Å²) >= 11 is 0. The second-order valence-electron chi connectivity index (χ2n) is 7.23. The molecule has 0 radical (unpaired) electrons. The number of imide groups is 1. The van der Waals surface area contributed by atoms with Crippen LogP contribution in [0.2, 0.25) is 0 Å². The Morgan fingerprint density at radius 1 is 1.07 bits per heavy atom. The van der Waals surface area contributed by atoms with Crippen LogP contribution in [-0.2, 0) is 22.6 Å². The summed E-state index contributed by atoms with van der Waals surface area (Å²) < 4.78 is 10.6. The maximum Gasteiger partial charge on any atom is 0.324 e. The van der Waals surface area contributed by atoms with Crippen LogP contribution >= 0.6 is 0 Å². The van der Waals surface area contributed by atoms with E-state index in [-0.39, 0.29) is 31.4 Å². The maximum absolute atomic E-state index is 12.5. The van der Waals surface area contributed by atoms with Gasteiger partial charge in [-0.3, -0.25) is 14.5 Å². The SMILES string of the molecule is O=C(CC[C@@H]1NC(=O)N(CCc2ccccc2)C1=O)NCc1ccc2c(c1)OCO2. The van der Waals surface area contributed by atoms with Crippen LogP contribution in [0.25, 0.3) is 0 Å². The molecule has 1 fully saturated rings. The van der Waals surface area contributed by atoms with E-state index < -0.39 is 12.1 Å². The van der Waals surface area contributed by atoms with Gasteiger partial charge >= 0.3 is 6.03 Å². The molecule has 0 aromatic heterocycles. The van der Waals surface area contributed by atoms with Crippen molar-refractivity contribution in [3.05, 3.63) is 59.7 Å². The molecule has 8 heteroatoms. The van der Waals surface area contributed by atoms with Crippen LogP contribution in [0, 0.1) is 0 Å². The van der Waals surface area contributed by atoms with Crippen molar-refractivity contribution >= 4 is 17.8 Å². The van der Waals surface area contributed by atoms with Crippen LogP contribution in [0.4, 0.5) is 4.79 Å². The first kappa shape index (κ1) is 19.8. The molecule has 4 rings (SSSR count). The first-order chi connectivity index (χ1) is 14.6. The van der Waals surface area contributed by atoms with Crippen LogP contribution in [0.3, 0.4) is 0 Å². The van der Waals surface area contributed by atoms with E-state index in [1.54, 1.807) is 6.07 Å². The van der Waals surface area contributed by atoms with Gasteiger partial charge in [0, 0.05) is 19.5 Å². The fourth-order valence-electron chi connectivity index (χ4n) is 3.49. The van der Waals surface area contributed by atoms with E-state index in [4.69, 9.17) is 9.47 Å². The lowest BCUT2D eigenvalue weighted by molar-refractivity contribution is -0.127. The summed E-state index contributed by atoms with van der Waals surface area (Å²) in [5.41, 5.74) is 1.95. The number of amides is 4. The van der Waals surface area contributed by atoms with Gasteiger partial charge in [-0.15, -0.1) is 0 Å². The number of nitrogens with one attached hydrogen (secondary N) is 2. The molecule has 0 aliphatic carbocycles.